The zero-order valence-electron chi connectivity index (χ0n) is 14.3. The lowest BCUT2D eigenvalue weighted by molar-refractivity contribution is -0.112. The first-order chi connectivity index (χ1) is 11.6. The van der Waals surface area contributed by atoms with Crippen molar-refractivity contribution in [2.24, 2.45) is 0 Å². The minimum Gasteiger partial charge on any atom is -0.489 e. The number of para-hydroxylation sites is 1. The van der Waals surface area contributed by atoms with Gasteiger partial charge in [-0.05, 0) is 51.1 Å². The van der Waals surface area contributed by atoms with Crippen LogP contribution in [-0.2, 0) is 4.79 Å². The normalized spacial score (nSPS) is 11.0. The van der Waals surface area contributed by atoms with Gasteiger partial charge in [-0.2, -0.15) is 0 Å². The maximum Gasteiger partial charge on any atom is 0.166 e. The number of hydrogen-bond donors (Lipinski definition) is 0. The van der Waals surface area contributed by atoms with Gasteiger partial charge < -0.3 is 4.74 Å². The molecule has 0 bridgehead atoms. The molecule has 0 aliphatic carbocycles. The quantitative estimate of drug-likeness (QED) is 0.365. The molecule has 3 heteroatoms. The summed E-state index contributed by atoms with van der Waals surface area (Å²) in [7, 11) is 0. The minimum atomic E-state index is 0.0444. The van der Waals surface area contributed by atoms with Gasteiger partial charge in [-0.15, -0.1) is 0 Å². The van der Waals surface area contributed by atoms with Crippen LogP contribution >= 0.6 is 11.8 Å². The number of hydrogen-bond acceptors (Lipinski definition) is 3. The van der Waals surface area contributed by atoms with Crippen molar-refractivity contribution in [2.75, 3.05) is 6.61 Å². The molecule has 0 saturated carbocycles. The second kappa shape index (κ2) is 9.14. The minimum absolute atomic E-state index is 0.0444. The molecule has 0 unspecified atom stereocenters. The van der Waals surface area contributed by atoms with Gasteiger partial charge >= 0.3 is 0 Å². The molecule has 0 aliphatic heterocycles. The average molecular weight is 338 g/mol. The third-order valence-electron chi connectivity index (χ3n) is 3.25. The first kappa shape index (κ1) is 18.1. The molecule has 2 aromatic rings. The summed E-state index contributed by atoms with van der Waals surface area (Å²) >= 11 is 1.47. The Hall–Kier alpha value is -2.26. The Kier molecular flexibility index (Phi) is 6.89. The highest BCUT2D eigenvalue weighted by Gasteiger charge is 2.09. The highest BCUT2D eigenvalue weighted by Crippen LogP contribution is 2.31. The molecule has 2 nitrogen and oxygen atoms in total. The molecule has 0 aromatic heterocycles. The molecular formula is C21H22O2S. The molecule has 124 valence electrons. The molecule has 2 aromatic carbocycles. The Morgan fingerprint density at radius 1 is 1.00 bits per heavy atom. The Balaban J connectivity index is 2.25. The SMILES string of the molecule is CC(=O)/C(=C/c1ccccc1OCC=C(C)C)Sc1ccccc1. The number of ether oxygens (including phenoxy) is 1. The van der Waals surface area contributed by atoms with Crippen LogP contribution in [0, 0.1) is 0 Å². The Morgan fingerprint density at radius 3 is 2.33 bits per heavy atom. The monoisotopic (exact) mass is 338 g/mol. The van der Waals surface area contributed by atoms with E-state index < -0.39 is 0 Å². The molecule has 0 N–H and O–H groups in total. The number of benzene rings is 2. The molecule has 0 spiro atoms. The fourth-order valence-corrected chi connectivity index (χ4v) is 2.87. The van der Waals surface area contributed by atoms with Crippen molar-refractivity contribution in [3.63, 3.8) is 0 Å². The summed E-state index contributed by atoms with van der Waals surface area (Å²) < 4.78 is 5.84. The third kappa shape index (κ3) is 5.74. The van der Waals surface area contributed by atoms with Crippen molar-refractivity contribution in [3.05, 3.63) is 76.7 Å². The average Bonchev–Trinajstić information content (AvgIpc) is 2.56. The van der Waals surface area contributed by atoms with E-state index in [1.807, 2.05) is 80.6 Å². The van der Waals surface area contributed by atoms with Gasteiger partial charge in [0.1, 0.15) is 12.4 Å². The molecule has 24 heavy (non-hydrogen) atoms. The lowest BCUT2D eigenvalue weighted by Gasteiger charge is -2.09. The van der Waals surface area contributed by atoms with Gasteiger partial charge in [-0.3, -0.25) is 4.79 Å². The second-order valence-corrected chi connectivity index (χ2v) is 6.73. The number of Topliss-reactive ketones (excluding diaryl/α,β-unsaturated/α-hetero) is 1. The number of allylic oxidation sites excluding steroid dienone is 2. The van der Waals surface area contributed by atoms with Crippen LogP contribution in [0.5, 0.6) is 5.75 Å². The molecular weight excluding hydrogens is 316 g/mol. The van der Waals surface area contributed by atoms with Crippen LogP contribution in [0.1, 0.15) is 26.3 Å². The summed E-state index contributed by atoms with van der Waals surface area (Å²) in [4.78, 5) is 13.8. The topological polar surface area (TPSA) is 26.3 Å². The molecule has 0 saturated heterocycles. The number of carbonyl (C=O) groups excluding carboxylic acids is 1. The van der Waals surface area contributed by atoms with Gasteiger partial charge in [0.25, 0.3) is 0 Å². The van der Waals surface area contributed by atoms with Gasteiger partial charge in [-0.25, -0.2) is 0 Å². The first-order valence-corrected chi connectivity index (χ1v) is 8.68. The summed E-state index contributed by atoms with van der Waals surface area (Å²) in [6.45, 7) is 6.20. The molecule has 0 heterocycles. The largest absolute Gasteiger partial charge is 0.489 e. The van der Waals surface area contributed by atoms with Crippen molar-refractivity contribution in [1.82, 2.24) is 0 Å². The van der Waals surface area contributed by atoms with Crippen LogP contribution in [0.15, 0.2) is 76.0 Å². The van der Waals surface area contributed by atoms with Gasteiger partial charge in [0.15, 0.2) is 5.78 Å². The van der Waals surface area contributed by atoms with Crippen LogP contribution in [0.3, 0.4) is 0 Å². The fraction of sp³-hybridized carbons (Fsp3) is 0.190. The Labute approximate surface area is 148 Å². The molecule has 0 fully saturated rings. The van der Waals surface area contributed by atoms with E-state index in [0.717, 1.165) is 16.2 Å². The third-order valence-corrected chi connectivity index (χ3v) is 4.39. The van der Waals surface area contributed by atoms with Crippen LogP contribution in [0.2, 0.25) is 0 Å². The van der Waals surface area contributed by atoms with Crippen LogP contribution < -0.4 is 4.74 Å². The summed E-state index contributed by atoms with van der Waals surface area (Å²) in [5.74, 6) is 0.824. The number of ketones is 1. The van der Waals surface area contributed by atoms with Crippen molar-refractivity contribution in [3.8, 4) is 5.75 Å². The smallest absolute Gasteiger partial charge is 0.166 e. The first-order valence-electron chi connectivity index (χ1n) is 7.87. The standard InChI is InChI=1S/C21H22O2S/c1-16(2)13-14-23-20-12-8-7-9-18(20)15-21(17(3)22)24-19-10-5-4-6-11-19/h4-13,15H,14H2,1-3H3/b21-15-. The van der Waals surface area contributed by atoms with E-state index in [1.165, 1.54) is 17.3 Å². The fourth-order valence-electron chi connectivity index (χ4n) is 1.99. The van der Waals surface area contributed by atoms with E-state index >= 15 is 0 Å². The zero-order valence-corrected chi connectivity index (χ0v) is 15.1. The van der Waals surface area contributed by atoms with Gasteiger partial charge in [0.05, 0.1) is 4.91 Å². The zero-order chi connectivity index (χ0) is 17.4. The van der Waals surface area contributed by atoms with Crippen molar-refractivity contribution >= 4 is 23.6 Å². The van der Waals surface area contributed by atoms with Gasteiger partial charge in [0.2, 0.25) is 0 Å². The van der Waals surface area contributed by atoms with E-state index in [0.29, 0.717) is 11.5 Å². The predicted octanol–water partition coefficient (Wildman–Crippen LogP) is 5.75. The van der Waals surface area contributed by atoms with Gasteiger partial charge in [-0.1, -0.05) is 53.7 Å². The summed E-state index contributed by atoms with van der Waals surface area (Å²) in [5.41, 5.74) is 2.13. The van der Waals surface area contributed by atoms with Crippen LogP contribution in [-0.4, -0.2) is 12.4 Å². The van der Waals surface area contributed by atoms with E-state index in [1.54, 1.807) is 6.92 Å². The highest BCUT2D eigenvalue weighted by molar-refractivity contribution is 8.04. The number of carbonyl (C=O) groups is 1. The Morgan fingerprint density at radius 2 is 1.67 bits per heavy atom. The predicted molar refractivity (Wildman–Crippen MR) is 102 cm³/mol. The lowest BCUT2D eigenvalue weighted by atomic mass is 10.1. The number of thioether (sulfide) groups is 1. The van der Waals surface area contributed by atoms with Crippen molar-refractivity contribution in [2.45, 2.75) is 25.7 Å². The molecule has 0 atom stereocenters. The van der Waals surface area contributed by atoms with Crippen molar-refractivity contribution in [1.29, 1.82) is 0 Å². The van der Waals surface area contributed by atoms with E-state index in [-0.39, 0.29) is 5.78 Å². The van der Waals surface area contributed by atoms with Gasteiger partial charge in [0, 0.05) is 10.5 Å². The summed E-state index contributed by atoms with van der Waals surface area (Å²) in [5, 5.41) is 0. The van der Waals surface area contributed by atoms with E-state index in [2.05, 4.69) is 0 Å². The van der Waals surface area contributed by atoms with E-state index in [4.69, 9.17) is 4.74 Å². The molecule has 2 rings (SSSR count). The van der Waals surface area contributed by atoms with Crippen LogP contribution in [0.4, 0.5) is 0 Å². The Bertz CT molecular complexity index is 741. The van der Waals surface area contributed by atoms with Crippen molar-refractivity contribution < 1.29 is 9.53 Å². The summed E-state index contributed by atoms with van der Waals surface area (Å²) in [6.07, 6.45) is 3.93. The van der Waals surface area contributed by atoms with Crippen LogP contribution in [0.25, 0.3) is 6.08 Å². The highest BCUT2D eigenvalue weighted by atomic mass is 32.2. The molecule has 0 aliphatic rings. The maximum atomic E-state index is 12.0. The lowest BCUT2D eigenvalue weighted by Crippen LogP contribution is -1.97. The number of rotatable bonds is 7. The second-order valence-electron chi connectivity index (χ2n) is 5.61. The molecule has 0 amide bonds. The van der Waals surface area contributed by atoms with E-state index in [9.17, 15) is 4.79 Å². The molecule has 0 radical (unpaired) electrons. The maximum absolute atomic E-state index is 12.0. The summed E-state index contributed by atoms with van der Waals surface area (Å²) in [6, 6.07) is 17.7.